The number of nitrogens with one attached hydrogen (secondary N) is 1. The number of nitrogens with zero attached hydrogens (tertiary/aromatic N) is 1. The summed E-state index contributed by atoms with van der Waals surface area (Å²) in [4.78, 5) is 25.8. The fourth-order valence-electron chi connectivity index (χ4n) is 3.26. The Kier molecular flexibility index (Phi) is 4.60. The molecule has 0 radical (unpaired) electrons. The van der Waals surface area contributed by atoms with Crippen molar-refractivity contribution in [1.82, 2.24) is 9.55 Å². The number of H-pyrrole nitrogens is 1. The topological polar surface area (TPSA) is 103 Å². The van der Waals surface area contributed by atoms with Gasteiger partial charge >= 0.3 is 5.69 Å². The first-order chi connectivity index (χ1) is 11.9. The largest absolute Gasteiger partial charge is 0.408 e. The lowest BCUT2D eigenvalue weighted by molar-refractivity contribution is -0.206. The molecule has 0 amide bonds. The first kappa shape index (κ1) is 19.5. The molecule has 2 N–H and O–H groups in total. The molecule has 5 atom stereocenters. The Balaban J connectivity index is 2.00. The summed E-state index contributed by atoms with van der Waals surface area (Å²) in [5, 5.41) is 10.4. The van der Waals surface area contributed by atoms with E-state index >= 15 is 0 Å². The number of hydrogen-bond acceptors (Lipinski definition) is 6. The average Bonchev–Trinajstić information content (AvgIpc) is 2.99. The van der Waals surface area contributed by atoms with Crippen LogP contribution in [0.2, 0.25) is 18.1 Å². The van der Waals surface area contributed by atoms with Crippen molar-refractivity contribution in [3.63, 3.8) is 0 Å². The summed E-state index contributed by atoms with van der Waals surface area (Å²) in [5.74, 6) is 0. The number of fused-ring (bicyclic) bond motifs is 2. The molecule has 2 bridgehead atoms. The first-order valence-corrected chi connectivity index (χ1v) is 11.8. The molecule has 146 valence electrons. The van der Waals surface area contributed by atoms with Gasteiger partial charge in [0.15, 0.2) is 14.5 Å². The van der Waals surface area contributed by atoms with E-state index in [0.29, 0.717) is 0 Å². The van der Waals surface area contributed by atoms with E-state index in [2.05, 4.69) is 38.8 Å². The van der Waals surface area contributed by atoms with Crippen molar-refractivity contribution in [2.24, 2.45) is 0 Å². The highest BCUT2D eigenvalue weighted by atomic mass is 28.4. The van der Waals surface area contributed by atoms with Gasteiger partial charge in [-0.25, -0.2) is 4.79 Å². The third-order valence-electron chi connectivity index (χ3n) is 5.96. The van der Waals surface area contributed by atoms with Crippen molar-refractivity contribution < 1.29 is 19.0 Å². The van der Waals surface area contributed by atoms with Crippen LogP contribution in [0.25, 0.3) is 0 Å². The molecular weight excluding hydrogens is 356 g/mol. The van der Waals surface area contributed by atoms with Crippen molar-refractivity contribution in [1.29, 1.82) is 0 Å². The molecule has 0 aromatic carbocycles. The maximum atomic E-state index is 12.2. The minimum Gasteiger partial charge on any atom is -0.408 e. The van der Waals surface area contributed by atoms with Gasteiger partial charge in [0.05, 0.1) is 12.7 Å². The summed E-state index contributed by atoms with van der Waals surface area (Å²) < 4.78 is 19.9. The van der Waals surface area contributed by atoms with Crippen LogP contribution in [0.15, 0.2) is 21.9 Å². The normalized spacial score (nSPS) is 32.8. The smallest absolute Gasteiger partial charge is 0.330 e. The highest BCUT2D eigenvalue weighted by Gasteiger charge is 2.66. The zero-order valence-electron chi connectivity index (χ0n) is 16.1. The molecule has 3 heterocycles. The van der Waals surface area contributed by atoms with E-state index < -0.39 is 49.7 Å². The van der Waals surface area contributed by atoms with Gasteiger partial charge in [-0.05, 0) is 25.1 Å². The third kappa shape index (κ3) is 2.91. The first-order valence-electron chi connectivity index (χ1n) is 8.86. The minimum atomic E-state index is -2.18. The van der Waals surface area contributed by atoms with Crippen LogP contribution in [-0.2, 0) is 13.9 Å². The molecule has 3 rings (SSSR count). The Morgan fingerprint density at radius 3 is 2.62 bits per heavy atom. The van der Waals surface area contributed by atoms with E-state index in [9.17, 15) is 14.7 Å². The molecular formula is C17H28N2O6Si. The van der Waals surface area contributed by atoms with Crippen LogP contribution in [0.1, 0.15) is 33.9 Å². The molecule has 2 saturated heterocycles. The van der Waals surface area contributed by atoms with Crippen LogP contribution in [-0.4, -0.2) is 53.5 Å². The summed E-state index contributed by atoms with van der Waals surface area (Å²) in [6.45, 7) is 12.5. The van der Waals surface area contributed by atoms with Crippen molar-refractivity contribution in [3.05, 3.63) is 33.1 Å². The maximum Gasteiger partial charge on any atom is 0.330 e. The number of aromatic nitrogens is 2. The van der Waals surface area contributed by atoms with Crippen LogP contribution in [0.4, 0.5) is 0 Å². The van der Waals surface area contributed by atoms with E-state index in [4.69, 9.17) is 13.9 Å². The zero-order valence-corrected chi connectivity index (χ0v) is 17.1. The van der Waals surface area contributed by atoms with Crippen LogP contribution in [0, 0.1) is 0 Å². The predicted octanol–water partition coefficient (Wildman–Crippen LogP) is 0.974. The van der Waals surface area contributed by atoms with Gasteiger partial charge in [-0.2, -0.15) is 0 Å². The van der Waals surface area contributed by atoms with Gasteiger partial charge in [0.1, 0.15) is 17.8 Å². The SMILES string of the molecule is C[C@@H](O)[C@@]12CO[C@@H]([C@H](n3ccc(=O)[nH]c3=O)O1)[C@@H]2O[Si](C)(C)C(C)(C)C. The molecule has 0 spiro atoms. The number of aliphatic hydroxyl groups is 1. The zero-order chi connectivity index (χ0) is 19.5. The second kappa shape index (κ2) is 6.13. The Bertz CT molecular complexity index is 795. The Hall–Kier alpha value is -1.26. The van der Waals surface area contributed by atoms with Crippen molar-refractivity contribution in [2.45, 2.75) is 76.0 Å². The van der Waals surface area contributed by atoms with Crippen LogP contribution in [0.5, 0.6) is 0 Å². The van der Waals surface area contributed by atoms with Gasteiger partial charge in [-0.1, -0.05) is 20.8 Å². The number of hydrogen-bond donors (Lipinski definition) is 2. The fourth-order valence-corrected chi connectivity index (χ4v) is 4.58. The van der Waals surface area contributed by atoms with Crippen molar-refractivity contribution >= 4 is 8.32 Å². The summed E-state index contributed by atoms with van der Waals surface area (Å²) in [5.41, 5.74) is -2.10. The van der Waals surface area contributed by atoms with E-state index in [1.54, 1.807) is 6.92 Å². The molecule has 2 fully saturated rings. The molecule has 1 aromatic rings. The molecule has 1 aromatic heterocycles. The molecule has 26 heavy (non-hydrogen) atoms. The Labute approximate surface area is 153 Å². The lowest BCUT2D eigenvalue weighted by Gasteiger charge is -2.41. The number of aliphatic hydroxyl groups excluding tert-OH is 1. The maximum absolute atomic E-state index is 12.2. The second-order valence-corrected chi connectivity index (χ2v) is 13.5. The summed E-state index contributed by atoms with van der Waals surface area (Å²) in [6, 6.07) is 1.26. The molecule has 2 aliphatic rings. The third-order valence-corrected chi connectivity index (χ3v) is 10.4. The minimum absolute atomic E-state index is 0.0285. The summed E-state index contributed by atoms with van der Waals surface area (Å²) in [6.07, 6.45) is -1.26. The van der Waals surface area contributed by atoms with E-state index in [1.807, 2.05) is 0 Å². The molecule has 2 aliphatic heterocycles. The lowest BCUT2D eigenvalue weighted by atomic mass is 9.94. The van der Waals surface area contributed by atoms with Crippen molar-refractivity contribution in [2.75, 3.05) is 6.61 Å². The van der Waals surface area contributed by atoms with Crippen molar-refractivity contribution in [3.8, 4) is 0 Å². The molecule has 0 saturated carbocycles. The van der Waals surface area contributed by atoms with Gasteiger partial charge < -0.3 is 19.0 Å². The molecule has 0 unspecified atom stereocenters. The predicted molar refractivity (Wildman–Crippen MR) is 97.7 cm³/mol. The number of aromatic amines is 1. The van der Waals surface area contributed by atoms with E-state index in [0.717, 1.165) is 0 Å². The highest BCUT2D eigenvalue weighted by Crippen LogP contribution is 2.50. The van der Waals surface area contributed by atoms with Gasteiger partial charge in [0, 0.05) is 12.3 Å². The summed E-state index contributed by atoms with van der Waals surface area (Å²) in [7, 11) is -2.18. The fraction of sp³-hybridized carbons (Fsp3) is 0.765. The van der Waals surface area contributed by atoms with Crippen LogP contribution in [0.3, 0.4) is 0 Å². The highest BCUT2D eigenvalue weighted by molar-refractivity contribution is 6.74. The summed E-state index contributed by atoms with van der Waals surface area (Å²) >= 11 is 0. The number of ether oxygens (including phenoxy) is 2. The van der Waals surface area contributed by atoms with Gasteiger partial charge in [-0.3, -0.25) is 14.3 Å². The Morgan fingerprint density at radius 1 is 1.42 bits per heavy atom. The molecule has 0 aliphatic carbocycles. The number of rotatable bonds is 4. The standard InChI is InChI=1S/C17H28N2O6Si/c1-10(20)17-9-23-12(13(17)25-26(5,6)16(2,3)4)14(24-17)19-8-7-11(21)18-15(19)22/h7-8,10,12-14,20H,9H2,1-6H3,(H,18,21,22)/t10-,12-,13+,14-,17-/m1/s1. The van der Waals surface area contributed by atoms with Gasteiger partial charge in [0.2, 0.25) is 0 Å². The quantitative estimate of drug-likeness (QED) is 0.750. The van der Waals surface area contributed by atoms with Gasteiger partial charge in [-0.15, -0.1) is 0 Å². The Morgan fingerprint density at radius 2 is 2.08 bits per heavy atom. The molecule has 9 heteroatoms. The lowest BCUT2D eigenvalue weighted by Crippen LogP contribution is -2.55. The van der Waals surface area contributed by atoms with E-state index in [1.165, 1.54) is 16.8 Å². The monoisotopic (exact) mass is 384 g/mol. The van der Waals surface area contributed by atoms with Crippen LogP contribution >= 0.6 is 0 Å². The van der Waals surface area contributed by atoms with E-state index in [-0.39, 0.29) is 11.6 Å². The average molecular weight is 385 g/mol. The second-order valence-electron chi connectivity index (χ2n) is 8.73. The van der Waals surface area contributed by atoms with Crippen LogP contribution < -0.4 is 11.2 Å². The van der Waals surface area contributed by atoms with Gasteiger partial charge in [0.25, 0.3) is 5.56 Å². The molecule has 8 nitrogen and oxygen atoms in total.